The summed E-state index contributed by atoms with van der Waals surface area (Å²) in [6, 6.07) is 18.9. The minimum atomic E-state index is -0.992. The van der Waals surface area contributed by atoms with Crippen molar-refractivity contribution in [2.24, 2.45) is 0 Å². The number of amides is 2. The number of carbonyl (C=O) groups excluding carboxylic acids is 2. The molecule has 3 rings (SSSR count). The summed E-state index contributed by atoms with van der Waals surface area (Å²) in [5, 5.41) is 17.6. The highest BCUT2D eigenvalue weighted by molar-refractivity contribution is 5.96. The molecule has 2 amide bonds. The molecule has 0 spiro atoms. The molecule has 0 saturated carbocycles. The molecule has 0 bridgehead atoms. The van der Waals surface area contributed by atoms with Gasteiger partial charge in [0.15, 0.2) is 0 Å². The Balaban J connectivity index is 1.48. The van der Waals surface area contributed by atoms with E-state index in [1.165, 1.54) is 17.7 Å². The normalized spacial score (nSPS) is 10.3. The van der Waals surface area contributed by atoms with Crippen LogP contribution < -0.4 is 16.0 Å². The fraction of sp³-hybridized carbons (Fsp3) is 0.160. The van der Waals surface area contributed by atoms with Gasteiger partial charge in [-0.3, -0.25) is 9.59 Å². The van der Waals surface area contributed by atoms with Crippen LogP contribution in [0.2, 0.25) is 0 Å². The standard InChI is InChI=1S/C25H25N3O4/c1-16-3-10-22(13-17(16)2)26-15-23(29)28-21-11-8-19(9-12-21)24(30)27-14-18-4-6-20(7-5-18)25(31)32/h3-13,26H,14-15H2,1-2H3,(H,27,30)(H,28,29)(H,31,32). The van der Waals surface area contributed by atoms with Crippen LogP contribution >= 0.6 is 0 Å². The van der Waals surface area contributed by atoms with Gasteiger partial charge in [0.2, 0.25) is 5.91 Å². The number of rotatable bonds is 8. The zero-order valence-corrected chi connectivity index (χ0v) is 17.9. The number of hydrogen-bond acceptors (Lipinski definition) is 4. The second kappa shape index (κ2) is 10.3. The molecule has 0 aliphatic heterocycles. The molecule has 0 aliphatic rings. The molecular formula is C25H25N3O4. The van der Waals surface area contributed by atoms with Crippen molar-refractivity contribution in [3.05, 3.63) is 94.5 Å². The van der Waals surface area contributed by atoms with Gasteiger partial charge in [0.25, 0.3) is 5.91 Å². The van der Waals surface area contributed by atoms with Crippen LogP contribution in [-0.2, 0) is 11.3 Å². The minimum Gasteiger partial charge on any atom is -0.478 e. The topological polar surface area (TPSA) is 108 Å². The Morgan fingerprint density at radius 1 is 0.781 bits per heavy atom. The van der Waals surface area contributed by atoms with Crippen molar-refractivity contribution in [2.45, 2.75) is 20.4 Å². The van der Waals surface area contributed by atoms with Crippen molar-refractivity contribution in [1.29, 1.82) is 0 Å². The van der Waals surface area contributed by atoms with Gasteiger partial charge in [-0.05, 0) is 79.1 Å². The van der Waals surface area contributed by atoms with E-state index in [0.29, 0.717) is 11.3 Å². The van der Waals surface area contributed by atoms with Crippen LogP contribution in [0.4, 0.5) is 11.4 Å². The molecule has 164 valence electrons. The van der Waals surface area contributed by atoms with Gasteiger partial charge in [-0.25, -0.2) is 4.79 Å². The van der Waals surface area contributed by atoms with Crippen molar-refractivity contribution in [2.75, 3.05) is 17.2 Å². The van der Waals surface area contributed by atoms with Gasteiger partial charge in [0.1, 0.15) is 0 Å². The molecule has 7 nitrogen and oxygen atoms in total. The number of aromatic carboxylic acids is 1. The monoisotopic (exact) mass is 431 g/mol. The maximum atomic E-state index is 12.3. The first-order valence-corrected chi connectivity index (χ1v) is 10.1. The molecule has 3 aromatic carbocycles. The summed E-state index contributed by atoms with van der Waals surface area (Å²) in [6.45, 7) is 4.47. The molecule has 0 fully saturated rings. The first-order chi connectivity index (χ1) is 15.3. The Morgan fingerprint density at radius 2 is 1.41 bits per heavy atom. The average Bonchev–Trinajstić information content (AvgIpc) is 2.79. The van der Waals surface area contributed by atoms with Crippen molar-refractivity contribution in [3.63, 3.8) is 0 Å². The van der Waals surface area contributed by atoms with Crippen LogP contribution in [0, 0.1) is 13.8 Å². The Hall–Kier alpha value is -4.13. The minimum absolute atomic E-state index is 0.130. The van der Waals surface area contributed by atoms with Crippen LogP contribution in [0.3, 0.4) is 0 Å². The van der Waals surface area contributed by atoms with Crippen LogP contribution in [0.15, 0.2) is 66.7 Å². The lowest BCUT2D eigenvalue weighted by Gasteiger charge is -2.10. The second-order valence-corrected chi connectivity index (χ2v) is 7.46. The SMILES string of the molecule is Cc1ccc(NCC(=O)Nc2ccc(C(=O)NCc3ccc(C(=O)O)cc3)cc2)cc1C. The molecule has 32 heavy (non-hydrogen) atoms. The van der Waals surface area contributed by atoms with Gasteiger partial charge in [0.05, 0.1) is 12.1 Å². The van der Waals surface area contributed by atoms with Gasteiger partial charge in [0, 0.05) is 23.5 Å². The van der Waals surface area contributed by atoms with E-state index in [0.717, 1.165) is 16.8 Å². The summed E-state index contributed by atoms with van der Waals surface area (Å²) in [5.41, 5.74) is 5.27. The molecule has 7 heteroatoms. The largest absolute Gasteiger partial charge is 0.478 e. The Bertz CT molecular complexity index is 1120. The zero-order chi connectivity index (χ0) is 23.1. The molecular weight excluding hydrogens is 406 g/mol. The highest BCUT2D eigenvalue weighted by Crippen LogP contribution is 2.14. The quantitative estimate of drug-likeness (QED) is 0.432. The van der Waals surface area contributed by atoms with Crippen LogP contribution in [0.5, 0.6) is 0 Å². The lowest BCUT2D eigenvalue weighted by Crippen LogP contribution is -2.23. The maximum absolute atomic E-state index is 12.3. The molecule has 0 heterocycles. The summed E-state index contributed by atoms with van der Waals surface area (Å²) in [4.78, 5) is 35.4. The number of carboxylic acids is 1. The fourth-order valence-corrected chi connectivity index (χ4v) is 2.99. The summed E-state index contributed by atoms with van der Waals surface area (Å²) in [7, 11) is 0. The van der Waals surface area contributed by atoms with E-state index in [1.54, 1.807) is 36.4 Å². The molecule has 3 aromatic rings. The third-order valence-electron chi connectivity index (χ3n) is 5.04. The number of aryl methyl sites for hydroxylation is 2. The van der Waals surface area contributed by atoms with E-state index in [2.05, 4.69) is 16.0 Å². The third kappa shape index (κ3) is 6.18. The van der Waals surface area contributed by atoms with Crippen LogP contribution in [-0.4, -0.2) is 29.4 Å². The average molecular weight is 431 g/mol. The van der Waals surface area contributed by atoms with E-state index in [-0.39, 0.29) is 30.5 Å². The number of hydrogen-bond donors (Lipinski definition) is 4. The van der Waals surface area contributed by atoms with Crippen molar-refractivity contribution >= 4 is 29.2 Å². The summed E-state index contributed by atoms with van der Waals surface area (Å²) < 4.78 is 0. The van der Waals surface area contributed by atoms with Crippen molar-refractivity contribution < 1.29 is 19.5 Å². The Morgan fingerprint density at radius 3 is 2.03 bits per heavy atom. The Labute approximate surface area is 186 Å². The van der Waals surface area contributed by atoms with Crippen molar-refractivity contribution in [1.82, 2.24) is 5.32 Å². The number of carbonyl (C=O) groups is 3. The summed E-state index contributed by atoms with van der Waals surface area (Å²) in [5.74, 6) is -1.44. The lowest BCUT2D eigenvalue weighted by molar-refractivity contribution is -0.114. The first-order valence-electron chi connectivity index (χ1n) is 10.1. The number of benzene rings is 3. The lowest BCUT2D eigenvalue weighted by atomic mass is 10.1. The summed E-state index contributed by atoms with van der Waals surface area (Å²) >= 11 is 0. The van der Waals surface area contributed by atoms with E-state index >= 15 is 0 Å². The molecule has 0 unspecified atom stereocenters. The fourth-order valence-electron chi connectivity index (χ4n) is 2.99. The zero-order valence-electron chi connectivity index (χ0n) is 17.9. The van der Waals surface area contributed by atoms with Gasteiger partial charge in [-0.2, -0.15) is 0 Å². The second-order valence-electron chi connectivity index (χ2n) is 7.46. The van der Waals surface area contributed by atoms with Gasteiger partial charge < -0.3 is 21.1 Å². The highest BCUT2D eigenvalue weighted by atomic mass is 16.4. The van der Waals surface area contributed by atoms with Crippen molar-refractivity contribution in [3.8, 4) is 0 Å². The van der Waals surface area contributed by atoms with Crippen LogP contribution in [0.1, 0.15) is 37.4 Å². The molecule has 0 atom stereocenters. The molecule has 0 aliphatic carbocycles. The number of nitrogens with one attached hydrogen (secondary N) is 3. The number of carboxylic acid groups (broad SMARTS) is 1. The first kappa shape index (κ1) is 22.6. The van der Waals surface area contributed by atoms with Gasteiger partial charge in [-0.1, -0.05) is 18.2 Å². The smallest absolute Gasteiger partial charge is 0.335 e. The molecule has 0 aromatic heterocycles. The maximum Gasteiger partial charge on any atom is 0.335 e. The van der Waals surface area contributed by atoms with Crippen LogP contribution in [0.25, 0.3) is 0 Å². The van der Waals surface area contributed by atoms with E-state index < -0.39 is 5.97 Å². The van der Waals surface area contributed by atoms with E-state index in [1.807, 2.05) is 32.0 Å². The molecule has 0 radical (unpaired) electrons. The van der Waals surface area contributed by atoms with E-state index in [4.69, 9.17) is 5.11 Å². The van der Waals surface area contributed by atoms with Gasteiger partial charge >= 0.3 is 5.97 Å². The number of anilines is 2. The summed E-state index contributed by atoms with van der Waals surface area (Å²) in [6.07, 6.45) is 0. The Kier molecular flexibility index (Phi) is 7.23. The predicted octanol–water partition coefficient (Wildman–Crippen LogP) is 3.98. The van der Waals surface area contributed by atoms with E-state index in [9.17, 15) is 14.4 Å². The predicted molar refractivity (Wildman–Crippen MR) is 124 cm³/mol. The third-order valence-corrected chi connectivity index (χ3v) is 5.04. The molecule has 0 saturated heterocycles. The highest BCUT2D eigenvalue weighted by Gasteiger charge is 2.08. The molecule has 4 N–H and O–H groups in total. The van der Waals surface area contributed by atoms with Gasteiger partial charge in [-0.15, -0.1) is 0 Å².